The highest BCUT2D eigenvalue weighted by Gasteiger charge is 2.22. The molecule has 2 aromatic rings. The van der Waals surface area contributed by atoms with Gasteiger partial charge in [-0.05, 0) is 43.3 Å². The molecule has 0 unspecified atom stereocenters. The Morgan fingerprint density at radius 1 is 1.09 bits per heavy atom. The highest BCUT2D eigenvalue weighted by molar-refractivity contribution is 6.36. The molecule has 1 aromatic heterocycles. The lowest BCUT2D eigenvalue weighted by atomic mass is 10.2. The molecule has 32 heavy (non-hydrogen) atoms. The highest BCUT2D eigenvalue weighted by atomic mass is 35.5. The Bertz CT molecular complexity index is 905. The minimum atomic E-state index is -0.168. The SMILES string of the molecule is CCCN(CCC(=O)N1CCN(c2ccccn2)CC1)CC(=O)Nc1ccc(Cl)cc1Cl. The topological polar surface area (TPSA) is 68.8 Å². The average Bonchev–Trinajstić information content (AvgIpc) is 2.80. The second kappa shape index (κ2) is 12.0. The van der Waals surface area contributed by atoms with E-state index in [0.29, 0.717) is 41.8 Å². The van der Waals surface area contributed by atoms with Crippen molar-refractivity contribution < 1.29 is 9.59 Å². The second-order valence-corrected chi connectivity index (χ2v) is 8.60. The number of rotatable bonds is 9. The summed E-state index contributed by atoms with van der Waals surface area (Å²) in [6.45, 7) is 6.43. The van der Waals surface area contributed by atoms with E-state index in [-0.39, 0.29) is 18.4 Å². The number of halogens is 2. The van der Waals surface area contributed by atoms with Crippen molar-refractivity contribution in [3.05, 3.63) is 52.6 Å². The van der Waals surface area contributed by atoms with Gasteiger partial charge in [0, 0.05) is 50.4 Å². The summed E-state index contributed by atoms with van der Waals surface area (Å²) in [6.07, 6.45) is 3.07. The van der Waals surface area contributed by atoms with Gasteiger partial charge in [0.15, 0.2) is 0 Å². The normalized spacial score (nSPS) is 14.0. The van der Waals surface area contributed by atoms with Crippen LogP contribution in [-0.4, -0.2) is 72.4 Å². The quantitative estimate of drug-likeness (QED) is 0.594. The Morgan fingerprint density at radius 3 is 2.53 bits per heavy atom. The van der Waals surface area contributed by atoms with Crippen molar-refractivity contribution in [1.29, 1.82) is 0 Å². The molecule has 0 spiro atoms. The van der Waals surface area contributed by atoms with E-state index < -0.39 is 0 Å². The Balaban J connectivity index is 1.45. The van der Waals surface area contributed by atoms with Gasteiger partial charge < -0.3 is 15.1 Å². The monoisotopic (exact) mass is 477 g/mol. The van der Waals surface area contributed by atoms with Crippen molar-refractivity contribution in [1.82, 2.24) is 14.8 Å². The predicted octanol–water partition coefficient (Wildman–Crippen LogP) is 3.78. The van der Waals surface area contributed by atoms with Crippen LogP contribution in [0.5, 0.6) is 0 Å². The molecule has 3 rings (SSSR count). The van der Waals surface area contributed by atoms with Gasteiger partial charge in [-0.25, -0.2) is 4.98 Å². The Kier molecular flexibility index (Phi) is 9.14. The van der Waals surface area contributed by atoms with Crippen molar-refractivity contribution in [2.45, 2.75) is 19.8 Å². The number of nitrogens with one attached hydrogen (secondary N) is 1. The number of carbonyl (C=O) groups excluding carboxylic acids is 2. The molecule has 0 bridgehead atoms. The summed E-state index contributed by atoms with van der Waals surface area (Å²) in [5.41, 5.74) is 0.527. The van der Waals surface area contributed by atoms with Crippen LogP contribution in [0.15, 0.2) is 42.6 Å². The first kappa shape index (κ1) is 24.3. The van der Waals surface area contributed by atoms with Gasteiger partial charge in [0.2, 0.25) is 11.8 Å². The summed E-state index contributed by atoms with van der Waals surface area (Å²) in [6, 6.07) is 10.8. The van der Waals surface area contributed by atoms with Crippen LogP contribution in [0.1, 0.15) is 19.8 Å². The average molecular weight is 478 g/mol. The van der Waals surface area contributed by atoms with E-state index in [1.54, 1.807) is 24.4 Å². The predicted molar refractivity (Wildman–Crippen MR) is 129 cm³/mol. The molecule has 1 aliphatic heterocycles. The smallest absolute Gasteiger partial charge is 0.238 e. The van der Waals surface area contributed by atoms with Gasteiger partial charge in [0.1, 0.15) is 5.82 Å². The van der Waals surface area contributed by atoms with Crippen molar-refractivity contribution in [2.24, 2.45) is 0 Å². The maximum absolute atomic E-state index is 12.7. The Hall–Kier alpha value is -2.35. The molecule has 1 saturated heterocycles. The van der Waals surface area contributed by atoms with Gasteiger partial charge >= 0.3 is 0 Å². The zero-order valence-electron chi connectivity index (χ0n) is 18.3. The number of benzene rings is 1. The number of amides is 2. The zero-order valence-corrected chi connectivity index (χ0v) is 19.8. The van der Waals surface area contributed by atoms with Crippen LogP contribution in [0.2, 0.25) is 10.0 Å². The van der Waals surface area contributed by atoms with Crippen molar-refractivity contribution in [3.63, 3.8) is 0 Å². The molecule has 7 nitrogen and oxygen atoms in total. The molecule has 1 fully saturated rings. The molecule has 172 valence electrons. The fourth-order valence-electron chi connectivity index (χ4n) is 3.71. The first-order valence-electron chi connectivity index (χ1n) is 10.9. The van der Waals surface area contributed by atoms with E-state index in [4.69, 9.17) is 23.2 Å². The number of carbonyl (C=O) groups is 2. The number of piperazine rings is 1. The van der Waals surface area contributed by atoms with E-state index in [9.17, 15) is 9.59 Å². The fourth-order valence-corrected chi connectivity index (χ4v) is 4.16. The summed E-state index contributed by atoms with van der Waals surface area (Å²) in [4.78, 5) is 35.7. The van der Waals surface area contributed by atoms with Crippen LogP contribution in [0.3, 0.4) is 0 Å². The van der Waals surface area contributed by atoms with Crippen LogP contribution >= 0.6 is 23.2 Å². The van der Waals surface area contributed by atoms with E-state index in [0.717, 1.165) is 31.9 Å². The first-order valence-corrected chi connectivity index (χ1v) is 11.6. The number of nitrogens with zero attached hydrogens (tertiary/aromatic N) is 4. The van der Waals surface area contributed by atoms with E-state index in [1.165, 1.54) is 0 Å². The molecule has 2 amide bonds. The van der Waals surface area contributed by atoms with E-state index in [1.807, 2.05) is 28.0 Å². The largest absolute Gasteiger partial charge is 0.353 e. The van der Waals surface area contributed by atoms with Crippen molar-refractivity contribution in [2.75, 3.05) is 56.0 Å². The van der Waals surface area contributed by atoms with E-state index in [2.05, 4.69) is 22.1 Å². The minimum absolute atomic E-state index is 0.118. The maximum Gasteiger partial charge on any atom is 0.238 e. The molecular weight excluding hydrogens is 449 g/mol. The lowest BCUT2D eigenvalue weighted by Gasteiger charge is -2.35. The number of hydrogen-bond acceptors (Lipinski definition) is 5. The Morgan fingerprint density at radius 2 is 1.88 bits per heavy atom. The van der Waals surface area contributed by atoms with Crippen molar-refractivity contribution >= 4 is 46.5 Å². The number of aromatic nitrogens is 1. The third-order valence-corrected chi connectivity index (χ3v) is 5.91. The Labute approximate surface area is 199 Å². The van der Waals surface area contributed by atoms with Gasteiger partial charge in [-0.3, -0.25) is 14.5 Å². The molecule has 0 aliphatic carbocycles. The number of anilines is 2. The third kappa shape index (κ3) is 7.08. The molecule has 0 radical (unpaired) electrons. The minimum Gasteiger partial charge on any atom is -0.353 e. The van der Waals surface area contributed by atoms with Crippen LogP contribution < -0.4 is 10.2 Å². The molecule has 1 N–H and O–H groups in total. The molecule has 2 heterocycles. The van der Waals surface area contributed by atoms with Crippen LogP contribution in [0.4, 0.5) is 11.5 Å². The zero-order chi connectivity index (χ0) is 22.9. The fraction of sp³-hybridized carbons (Fsp3) is 0.435. The molecule has 1 aliphatic rings. The van der Waals surface area contributed by atoms with Crippen LogP contribution in [0, 0.1) is 0 Å². The first-order chi connectivity index (χ1) is 15.5. The highest BCUT2D eigenvalue weighted by Crippen LogP contribution is 2.25. The number of hydrogen-bond donors (Lipinski definition) is 1. The standard InChI is InChI=1S/C23H29Cl2N5O2/c1-2-10-28(17-22(31)27-20-7-6-18(24)16-19(20)25)11-8-23(32)30-14-12-29(13-15-30)21-5-3-4-9-26-21/h3-7,9,16H,2,8,10-15,17H2,1H3,(H,27,31). The summed E-state index contributed by atoms with van der Waals surface area (Å²) < 4.78 is 0. The lowest BCUT2D eigenvalue weighted by Crippen LogP contribution is -2.49. The van der Waals surface area contributed by atoms with Gasteiger partial charge in [0.25, 0.3) is 0 Å². The van der Waals surface area contributed by atoms with Gasteiger partial charge in [-0.2, -0.15) is 0 Å². The maximum atomic E-state index is 12.7. The van der Waals surface area contributed by atoms with Gasteiger partial charge in [0.05, 0.1) is 17.3 Å². The molecule has 1 aromatic carbocycles. The third-order valence-electron chi connectivity index (χ3n) is 5.36. The second-order valence-electron chi connectivity index (χ2n) is 7.75. The summed E-state index contributed by atoms with van der Waals surface area (Å²) >= 11 is 12.0. The van der Waals surface area contributed by atoms with Gasteiger partial charge in [-0.1, -0.05) is 36.2 Å². The van der Waals surface area contributed by atoms with E-state index >= 15 is 0 Å². The number of pyridine rings is 1. The van der Waals surface area contributed by atoms with Crippen LogP contribution in [-0.2, 0) is 9.59 Å². The summed E-state index contributed by atoms with van der Waals surface area (Å²) in [5, 5.41) is 3.73. The summed E-state index contributed by atoms with van der Waals surface area (Å²) in [5.74, 6) is 0.896. The van der Waals surface area contributed by atoms with Crippen LogP contribution in [0.25, 0.3) is 0 Å². The van der Waals surface area contributed by atoms with Gasteiger partial charge in [-0.15, -0.1) is 0 Å². The summed E-state index contributed by atoms with van der Waals surface area (Å²) in [7, 11) is 0. The molecular formula is C23H29Cl2N5O2. The lowest BCUT2D eigenvalue weighted by molar-refractivity contribution is -0.132. The van der Waals surface area contributed by atoms with Crippen molar-refractivity contribution in [3.8, 4) is 0 Å². The molecule has 9 heteroatoms. The molecule has 0 saturated carbocycles. The molecule has 0 atom stereocenters.